The number of furan rings is 1. The molecule has 2 aromatic heterocycles. The highest BCUT2D eigenvalue weighted by molar-refractivity contribution is 5.00. The molecule has 0 radical (unpaired) electrons. The van der Waals surface area contributed by atoms with Crippen LogP contribution in [0.2, 0.25) is 0 Å². The summed E-state index contributed by atoms with van der Waals surface area (Å²) in [5.74, 6) is 3.06. The van der Waals surface area contributed by atoms with E-state index in [1.54, 1.807) is 6.26 Å². The second-order valence-corrected chi connectivity index (χ2v) is 4.68. The molecule has 0 bridgehead atoms. The van der Waals surface area contributed by atoms with Crippen molar-refractivity contribution in [1.82, 2.24) is 20.1 Å². The van der Waals surface area contributed by atoms with Gasteiger partial charge in [-0.1, -0.05) is 6.92 Å². The average Bonchev–Trinajstić information content (AvgIpc) is 3.04. The van der Waals surface area contributed by atoms with Gasteiger partial charge in [-0.05, 0) is 18.6 Å². The van der Waals surface area contributed by atoms with E-state index in [9.17, 15) is 0 Å². The van der Waals surface area contributed by atoms with Gasteiger partial charge in [-0.3, -0.25) is 0 Å². The minimum atomic E-state index is 0.453. The molecule has 5 nitrogen and oxygen atoms in total. The molecule has 0 unspecified atom stereocenters. The van der Waals surface area contributed by atoms with Gasteiger partial charge in [-0.25, -0.2) is 9.67 Å². The number of nitrogens with zero attached hydrogens (tertiary/aromatic N) is 3. The molecule has 0 aromatic carbocycles. The van der Waals surface area contributed by atoms with Gasteiger partial charge in [0.15, 0.2) is 5.82 Å². The summed E-state index contributed by atoms with van der Waals surface area (Å²) < 4.78 is 7.36. The monoisotopic (exact) mass is 246 g/mol. The van der Waals surface area contributed by atoms with E-state index in [0.29, 0.717) is 6.04 Å². The van der Waals surface area contributed by atoms with Crippen LogP contribution in [0.3, 0.4) is 0 Å². The zero-order valence-corrected chi connectivity index (χ0v) is 10.6. The van der Waals surface area contributed by atoms with Crippen LogP contribution in [0.4, 0.5) is 0 Å². The average molecular weight is 246 g/mol. The van der Waals surface area contributed by atoms with Crippen molar-refractivity contribution in [2.24, 2.45) is 0 Å². The maximum absolute atomic E-state index is 5.32. The van der Waals surface area contributed by atoms with Crippen LogP contribution in [-0.4, -0.2) is 20.8 Å². The number of rotatable bonds is 4. The summed E-state index contributed by atoms with van der Waals surface area (Å²) in [6.07, 6.45) is 4.73. The van der Waals surface area contributed by atoms with Gasteiger partial charge >= 0.3 is 0 Å². The molecule has 0 amide bonds. The molecule has 1 aliphatic heterocycles. The van der Waals surface area contributed by atoms with Crippen LogP contribution in [0.5, 0.6) is 0 Å². The van der Waals surface area contributed by atoms with E-state index in [0.717, 1.165) is 49.8 Å². The highest BCUT2D eigenvalue weighted by atomic mass is 16.3. The van der Waals surface area contributed by atoms with Crippen LogP contribution in [-0.2, 0) is 25.9 Å². The van der Waals surface area contributed by atoms with E-state index >= 15 is 0 Å². The molecule has 0 saturated heterocycles. The lowest BCUT2D eigenvalue weighted by atomic mass is 10.1. The lowest BCUT2D eigenvalue weighted by Gasteiger charge is -2.23. The van der Waals surface area contributed by atoms with Gasteiger partial charge in [0.1, 0.15) is 11.6 Å². The maximum atomic E-state index is 5.32. The topological polar surface area (TPSA) is 55.9 Å². The second-order valence-electron chi connectivity index (χ2n) is 4.68. The van der Waals surface area contributed by atoms with Gasteiger partial charge in [-0.2, -0.15) is 5.10 Å². The summed E-state index contributed by atoms with van der Waals surface area (Å²) in [6, 6.07) is 4.36. The van der Waals surface area contributed by atoms with Crippen LogP contribution < -0.4 is 5.32 Å². The minimum absolute atomic E-state index is 0.453. The summed E-state index contributed by atoms with van der Waals surface area (Å²) in [4.78, 5) is 4.52. The van der Waals surface area contributed by atoms with Gasteiger partial charge in [-0.15, -0.1) is 0 Å². The van der Waals surface area contributed by atoms with Crippen LogP contribution in [0.25, 0.3) is 0 Å². The normalized spacial score (nSPS) is 18.8. The first-order valence-corrected chi connectivity index (χ1v) is 6.53. The van der Waals surface area contributed by atoms with Crippen LogP contribution >= 0.6 is 0 Å². The van der Waals surface area contributed by atoms with Crippen molar-refractivity contribution in [3.63, 3.8) is 0 Å². The smallest absolute Gasteiger partial charge is 0.150 e. The Bertz CT molecular complexity index is 503. The Balaban J connectivity index is 1.60. The lowest BCUT2D eigenvalue weighted by molar-refractivity contribution is 0.344. The number of aromatic nitrogens is 3. The van der Waals surface area contributed by atoms with Crippen molar-refractivity contribution in [1.29, 1.82) is 0 Å². The van der Waals surface area contributed by atoms with E-state index in [1.165, 1.54) is 0 Å². The number of fused-ring (bicyclic) bond motifs is 1. The molecule has 0 fully saturated rings. The first-order chi connectivity index (χ1) is 8.85. The van der Waals surface area contributed by atoms with Crippen molar-refractivity contribution >= 4 is 0 Å². The van der Waals surface area contributed by atoms with Crippen molar-refractivity contribution in [2.75, 3.05) is 0 Å². The molecule has 0 saturated carbocycles. The Morgan fingerprint density at radius 1 is 1.56 bits per heavy atom. The fraction of sp³-hybridized carbons (Fsp3) is 0.538. The Labute approximate surface area is 106 Å². The summed E-state index contributed by atoms with van der Waals surface area (Å²) in [5, 5.41) is 8.02. The Kier molecular flexibility index (Phi) is 3.15. The Morgan fingerprint density at radius 3 is 3.28 bits per heavy atom. The molecular weight excluding hydrogens is 228 g/mol. The van der Waals surface area contributed by atoms with Gasteiger partial charge in [0.2, 0.25) is 0 Å². The highest BCUT2D eigenvalue weighted by Gasteiger charge is 2.20. The van der Waals surface area contributed by atoms with Crippen molar-refractivity contribution in [3.05, 3.63) is 35.8 Å². The van der Waals surface area contributed by atoms with Gasteiger partial charge in [0.05, 0.1) is 19.4 Å². The van der Waals surface area contributed by atoms with Crippen molar-refractivity contribution in [2.45, 2.75) is 45.3 Å². The van der Waals surface area contributed by atoms with E-state index in [1.807, 2.05) is 16.8 Å². The zero-order valence-electron chi connectivity index (χ0n) is 10.6. The third kappa shape index (κ3) is 2.31. The standard InChI is InChI=1S/C13H18N4O/c1-2-12-15-13-6-5-10(9-17(13)16-12)14-8-11-4-3-7-18-11/h3-4,7,10,14H,2,5-6,8-9H2,1H3/t10-/m1/s1. The van der Waals surface area contributed by atoms with Crippen molar-refractivity contribution in [3.8, 4) is 0 Å². The fourth-order valence-corrected chi connectivity index (χ4v) is 2.34. The largest absolute Gasteiger partial charge is 0.468 e. The molecule has 1 aliphatic rings. The molecule has 0 aliphatic carbocycles. The van der Waals surface area contributed by atoms with Gasteiger partial charge < -0.3 is 9.73 Å². The Morgan fingerprint density at radius 2 is 2.50 bits per heavy atom. The molecule has 3 rings (SSSR count). The summed E-state index contributed by atoms with van der Waals surface area (Å²) >= 11 is 0. The summed E-state index contributed by atoms with van der Waals surface area (Å²) in [7, 11) is 0. The molecule has 5 heteroatoms. The van der Waals surface area contributed by atoms with Gasteiger partial charge in [0, 0.05) is 18.9 Å². The quantitative estimate of drug-likeness (QED) is 0.889. The van der Waals surface area contributed by atoms with Crippen LogP contribution in [0, 0.1) is 0 Å². The first-order valence-electron chi connectivity index (χ1n) is 6.53. The van der Waals surface area contributed by atoms with E-state index < -0.39 is 0 Å². The molecule has 96 valence electrons. The number of aryl methyl sites for hydroxylation is 2. The third-order valence-electron chi connectivity index (χ3n) is 3.36. The highest BCUT2D eigenvalue weighted by Crippen LogP contribution is 2.14. The van der Waals surface area contributed by atoms with Crippen LogP contribution in [0.15, 0.2) is 22.8 Å². The van der Waals surface area contributed by atoms with E-state index in [4.69, 9.17) is 4.42 Å². The number of hydrogen-bond acceptors (Lipinski definition) is 4. The summed E-state index contributed by atoms with van der Waals surface area (Å²) in [5.41, 5.74) is 0. The predicted octanol–water partition coefficient (Wildman–Crippen LogP) is 1.54. The molecular formula is C13H18N4O. The van der Waals surface area contributed by atoms with E-state index in [-0.39, 0.29) is 0 Å². The molecule has 0 spiro atoms. The summed E-state index contributed by atoms with van der Waals surface area (Å²) in [6.45, 7) is 3.78. The first kappa shape index (κ1) is 11.5. The van der Waals surface area contributed by atoms with Crippen LogP contribution in [0.1, 0.15) is 30.8 Å². The van der Waals surface area contributed by atoms with E-state index in [2.05, 4.69) is 22.3 Å². The maximum Gasteiger partial charge on any atom is 0.150 e. The number of hydrogen-bond donors (Lipinski definition) is 1. The molecule has 1 atom stereocenters. The minimum Gasteiger partial charge on any atom is -0.468 e. The zero-order chi connectivity index (χ0) is 12.4. The lowest BCUT2D eigenvalue weighted by Crippen LogP contribution is -2.37. The fourth-order valence-electron chi connectivity index (χ4n) is 2.34. The molecule has 1 N–H and O–H groups in total. The van der Waals surface area contributed by atoms with Crippen molar-refractivity contribution < 1.29 is 4.42 Å². The second kappa shape index (κ2) is 4.94. The molecule has 3 heterocycles. The number of nitrogens with one attached hydrogen (secondary N) is 1. The van der Waals surface area contributed by atoms with Gasteiger partial charge in [0.25, 0.3) is 0 Å². The molecule has 18 heavy (non-hydrogen) atoms. The Hall–Kier alpha value is -1.62. The predicted molar refractivity (Wildman–Crippen MR) is 67.1 cm³/mol. The SMILES string of the molecule is CCc1nc2n(n1)C[C@H](NCc1ccco1)CC2. The molecule has 2 aromatic rings. The third-order valence-corrected chi connectivity index (χ3v) is 3.36.